The Balaban J connectivity index is 2.59. The van der Waals surface area contributed by atoms with Gasteiger partial charge < -0.3 is 5.32 Å². The number of nitrogens with zero attached hydrogens (tertiary/aromatic N) is 2. The number of anilines is 1. The number of para-hydroxylation sites is 2. The Bertz CT molecular complexity index is 456. The third-order valence-electron chi connectivity index (χ3n) is 1.87. The van der Waals surface area contributed by atoms with Crippen LogP contribution in [0.2, 0.25) is 5.15 Å². The molecule has 0 aliphatic rings. The summed E-state index contributed by atoms with van der Waals surface area (Å²) < 4.78 is 0. The number of fused-ring (bicyclic) bond motifs is 1. The van der Waals surface area contributed by atoms with E-state index in [2.05, 4.69) is 15.3 Å². The zero-order valence-electron chi connectivity index (χ0n) is 7.79. The minimum atomic E-state index is 0.422. The van der Waals surface area contributed by atoms with Crippen LogP contribution in [-0.4, -0.2) is 16.5 Å². The van der Waals surface area contributed by atoms with Gasteiger partial charge in [-0.15, -0.1) is 0 Å². The van der Waals surface area contributed by atoms with Gasteiger partial charge in [0.2, 0.25) is 0 Å². The molecule has 0 spiro atoms. The van der Waals surface area contributed by atoms with Gasteiger partial charge in [-0.25, -0.2) is 9.97 Å². The fourth-order valence-electron chi connectivity index (χ4n) is 1.26. The molecule has 4 heteroatoms. The molecule has 0 saturated heterocycles. The Morgan fingerprint density at radius 2 is 1.86 bits per heavy atom. The molecule has 0 saturated carbocycles. The molecule has 1 aromatic carbocycles. The van der Waals surface area contributed by atoms with Crippen molar-refractivity contribution in [1.82, 2.24) is 9.97 Å². The highest BCUT2D eigenvalue weighted by atomic mass is 35.5. The summed E-state index contributed by atoms with van der Waals surface area (Å²) in [5.41, 5.74) is 1.67. The van der Waals surface area contributed by atoms with Gasteiger partial charge in [-0.3, -0.25) is 0 Å². The van der Waals surface area contributed by atoms with Crippen LogP contribution in [0.5, 0.6) is 0 Å². The van der Waals surface area contributed by atoms with Gasteiger partial charge in [0, 0.05) is 6.54 Å². The van der Waals surface area contributed by atoms with E-state index in [4.69, 9.17) is 11.6 Å². The molecule has 0 bridgehead atoms. The minimum Gasteiger partial charge on any atom is -0.368 e. The average molecular weight is 208 g/mol. The predicted molar refractivity (Wildman–Crippen MR) is 58.7 cm³/mol. The van der Waals surface area contributed by atoms with E-state index in [1.807, 2.05) is 31.2 Å². The summed E-state index contributed by atoms with van der Waals surface area (Å²) in [4.78, 5) is 8.59. The van der Waals surface area contributed by atoms with Crippen LogP contribution in [0.25, 0.3) is 11.0 Å². The first-order valence-corrected chi connectivity index (χ1v) is 4.85. The summed E-state index contributed by atoms with van der Waals surface area (Å²) in [6, 6.07) is 7.66. The van der Waals surface area contributed by atoms with Gasteiger partial charge in [0.05, 0.1) is 11.0 Å². The number of halogens is 1. The van der Waals surface area contributed by atoms with Crippen molar-refractivity contribution in [2.45, 2.75) is 6.92 Å². The van der Waals surface area contributed by atoms with E-state index in [1.54, 1.807) is 0 Å². The minimum absolute atomic E-state index is 0.422. The number of hydrogen-bond acceptors (Lipinski definition) is 3. The molecule has 72 valence electrons. The molecule has 2 aromatic rings. The molecule has 0 unspecified atom stereocenters. The lowest BCUT2D eigenvalue weighted by Crippen LogP contribution is -2.01. The van der Waals surface area contributed by atoms with Crippen LogP contribution in [0, 0.1) is 0 Å². The van der Waals surface area contributed by atoms with Crippen LogP contribution >= 0.6 is 11.6 Å². The monoisotopic (exact) mass is 207 g/mol. The van der Waals surface area contributed by atoms with Gasteiger partial charge in [-0.2, -0.15) is 0 Å². The highest BCUT2D eigenvalue weighted by molar-refractivity contribution is 6.32. The topological polar surface area (TPSA) is 37.8 Å². The van der Waals surface area contributed by atoms with Gasteiger partial charge >= 0.3 is 0 Å². The van der Waals surface area contributed by atoms with Gasteiger partial charge in [-0.05, 0) is 19.1 Å². The van der Waals surface area contributed by atoms with E-state index in [0.29, 0.717) is 11.0 Å². The van der Waals surface area contributed by atoms with Crippen molar-refractivity contribution in [3.8, 4) is 0 Å². The first-order valence-electron chi connectivity index (χ1n) is 4.47. The maximum absolute atomic E-state index is 5.95. The fraction of sp³-hybridized carbons (Fsp3) is 0.200. The van der Waals surface area contributed by atoms with Crippen LogP contribution in [0.4, 0.5) is 5.82 Å². The number of hydrogen-bond donors (Lipinski definition) is 1. The van der Waals surface area contributed by atoms with Gasteiger partial charge in [0.15, 0.2) is 11.0 Å². The van der Waals surface area contributed by atoms with Crippen molar-refractivity contribution in [3.05, 3.63) is 29.4 Å². The molecule has 0 atom stereocenters. The van der Waals surface area contributed by atoms with E-state index in [0.717, 1.165) is 17.6 Å². The molecule has 0 fully saturated rings. The van der Waals surface area contributed by atoms with Crippen LogP contribution in [-0.2, 0) is 0 Å². The molecule has 0 radical (unpaired) electrons. The zero-order chi connectivity index (χ0) is 9.97. The number of rotatable bonds is 2. The van der Waals surface area contributed by atoms with Crippen molar-refractivity contribution in [2.24, 2.45) is 0 Å². The molecule has 14 heavy (non-hydrogen) atoms. The largest absolute Gasteiger partial charge is 0.368 e. The second kappa shape index (κ2) is 3.80. The lowest BCUT2D eigenvalue weighted by molar-refractivity contribution is 1.15. The van der Waals surface area contributed by atoms with Crippen LogP contribution in [0.15, 0.2) is 24.3 Å². The second-order valence-corrected chi connectivity index (χ2v) is 3.24. The summed E-state index contributed by atoms with van der Waals surface area (Å²) in [7, 11) is 0. The summed E-state index contributed by atoms with van der Waals surface area (Å²) in [5.74, 6) is 0.646. The quantitative estimate of drug-likeness (QED) is 0.823. The second-order valence-electron chi connectivity index (χ2n) is 2.88. The highest BCUT2D eigenvalue weighted by Gasteiger charge is 2.04. The Hall–Kier alpha value is -1.35. The van der Waals surface area contributed by atoms with Crippen molar-refractivity contribution in [2.75, 3.05) is 11.9 Å². The van der Waals surface area contributed by atoms with Crippen molar-refractivity contribution >= 4 is 28.5 Å². The van der Waals surface area contributed by atoms with E-state index in [9.17, 15) is 0 Å². The van der Waals surface area contributed by atoms with Crippen LogP contribution < -0.4 is 5.32 Å². The smallest absolute Gasteiger partial charge is 0.172 e. The van der Waals surface area contributed by atoms with E-state index < -0.39 is 0 Å². The molecule has 0 aliphatic heterocycles. The molecule has 0 aliphatic carbocycles. The molecular formula is C10H10ClN3. The Labute approximate surface area is 87.1 Å². The number of benzene rings is 1. The van der Waals surface area contributed by atoms with E-state index >= 15 is 0 Å². The zero-order valence-corrected chi connectivity index (χ0v) is 8.54. The van der Waals surface area contributed by atoms with Gasteiger partial charge in [0.25, 0.3) is 0 Å². The Morgan fingerprint density at radius 3 is 2.50 bits per heavy atom. The Kier molecular flexibility index (Phi) is 2.50. The van der Waals surface area contributed by atoms with Crippen molar-refractivity contribution in [3.63, 3.8) is 0 Å². The van der Waals surface area contributed by atoms with Crippen LogP contribution in [0.1, 0.15) is 6.92 Å². The highest BCUT2D eigenvalue weighted by Crippen LogP contribution is 2.20. The summed E-state index contributed by atoms with van der Waals surface area (Å²) in [5, 5.41) is 3.48. The molecule has 3 nitrogen and oxygen atoms in total. The molecule has 0 amide bonds. The first kappa shape index (κ1) is 9.21. The summed E-state index contributed by atoms with van der Waals surface area (Å²) >= 11 is 5.95. The van der Waals surface area contributed by atoms with E-state index in [-0.39, 0.29) is 0 Å². The fourth-order valence-corrected chi connectivity index (χ4v) is 1.46. The lowest BCUT2D eigenvalue weighted by atomic mass is 10.3. The van der Waals surface area contributed by atoms with Crippen LogP contribution in [0.3, 0.4) is 0 Å². The third-order valence-corrected chi connectivity index (χ3v) is 2.14. The lowest BCUT2D eigenvalue weighted by Gasteiger charge is -2.05. The van der Waals surface area contributed by atoms with Crippen molar-refractivity contribution in [1.29, 1.82) is 0 Å². The maximum atomic E-state index is 5.95. The number of nitrogens with one attached hydrogen (secondary N) is 1. The molecule has 2 rings (SSSR count). The van der Waals surface area contributed by atoms with Gasteiger partial charge in [0.1, 0.15) is 0 Å². The maximum Gasteiger partial charge on any atom is 0.172 e. The number of aromatic nitrogens is 2. The Morgan fingerprint density at radius 1 is 1.21 bits per heavy atom. The van der Waals surface area contributed by atoms with Gasteiger partial charge in [-0.1, -0.05) is 23.7 Å². The average Bonchev–Trinajstić information content (AvgIpc) is 2.19. The molecule has 1 aromatic heterocycles. The summed E-state index contributed by atoms with van der Waals surface area (Å²) in [6.45, 7) is 2.78. The molecule has 1 N–H and O–H groups in total. The predicted octanol–water partition coefficient (Wildman–Crippen LogP) is 2.72. The molecule has 1 heterocycles. The standard InChI is InChI=1S/C10H10ClN3/c1-2-12-10-9(11)13-7-5-3-4-6-8(7)14-10/h3-6H,2H2,1H3,(H,12,14). The van der Waals surface area contributed by atoms with Crippen molar-refractivity contribution < 1.29 is 0 Å². The third kappa shape index (κ3) is 1.63. The molecular weight excluding hydrogens is 198 g/mol. The van der Waals surface area contributed by atoms with E-state index in [1.165, 1.54) is 0 Å². The first-order chi connectivity index (χ1) is 6.81. The summed E-state index contributed by atoms with van der Waals surface area (Å²) in [6.07, 6.45) is 0. The normalized spacial score (nSPS) is 10.4. The SMILES string of the molecule is CCNc1nc2ccccc2nc1Cl.